The highest BCUT2D eigenvalue weighted by atomic mass is 16.6. The number of carbonyl (C=O) groups is 2. The number of unbranched alkanes of at least 4 members (excludes halogenated alkanes) is 32. The molecular weight excluding hydrogens is 813 g/mol. The minimum atomic E-state index is -0.541. The molecule has 0 aliphatic heterocycles. The highest BCUT2D eigenvalue weighted by molar-refractivity contribution is 5.70. The average molecular weight is 924 g/mol. The Balaban J connectivity index is 4.21. The first-order valence-electron chi connectivity index (χ1n) is 28.8. The van der Waals surface area contributed by atoms with Gasteiger partial charge in [0.15, 0.2) is 6.10 Å². The standard InChI is InChI=1S/C61H110O5/c1-4-7-10-13-16-19-22-24-26-28-30-32-34-36-38-41-44-47-50-53-56-64-57-59(66-61(63)55-52-49-46-43-39-21-18-15-12-9-6-3)58-65-60(62)54-51-48-45-42-40-37-35-33-31-29-27-25-23-20-17-14-11-8-5-2/h7,10,16,19,24-27,30,32,59H,4-6,8-9,11-15,17-18,20-23,28-29,31,33-58H2,1-3H3/b10-7-,19-16-,26-24-,27-25-,32-30-. The molecule has 0 radical (unpaired) electrons. The van der Waals surface area contributed by atoms with Crippen LogP contribution in [0, 0.1) is 0 Å². The molecule has 0 aliphatic rings. The Morgan fingerprint density at radius 1 is 0.348 bits per heavy atom. The van der Waals surface area contributed by atoms with Gasteiger partial charge < -0.3 is 14.2 Å². The predicted molar refractivity (Wildman–Crippen MR) is 288 cm³/mol. The van der Waals surface area contributed by atoms with Crippen LogP contribution in [0.15, 0.2) is 60.8 Å². The van der Waals surface area contributed by atoms with Crippen LogP contribution in [0.25, 0.3) is 0 Å². The number of rotatable bonds is 53. The van der Waals surface area contributed by atoms with E-state index in [1.807, 2.05) is 0 Å². The summed E-state index contributed by atoms with van der Waals surface area (Å²) in [7, 11) is 0. The number of hydrogen-bond donors (Lipinski definition) is 0. The van der Waals surface area contributed by atoms with Crippen molar-refractivity contribution < 1.29 is 23.8 Å². The van der Waals surface area contributed by atoms with Crippen molar-refractivity contribution in [3.63, 3.8) is 0 Å². The van der Waals surface area contributed by atoms with E-state index < -0.39 is 6.10 Å². The van der Waals surface area contributed by atoms with Crippen molar-refractivity contribution in [2.45, 2.75) is 297 Å². The SMILES string of the molecule is CC/C=C\C/C=C\C/C=C\C/C=C\CCCCCCCCCOCC(COC(=O)CCCCCCCCCCC/C=C\CCCCCCCC)OC(=O)CCCCCCCCCCCCC. The van der Waals surface area contributed by atoms with Gasteiger partial charge in [-0.05, 0) is 83.5 Å². The van der Waals surface area contributed by atoms with Gasteiger partial charge in [-0.15, -0.1) is 0 Å². The molecule has 0 amide bonds. The van der Waals surface area contributed by atoms with Crippen molar-refractivity contribution >= 4 is 11.9 Å². The van der Waals surface area contributed by atoms with E-state index in [1.165, 1.54) is 193 Å². The van der Waals surface area contributed by atoms with Gasteiger partial charge in [-0.2, -0.15) is 0 Å². The van der Waals surface area contributed by atoms with Crippen molar-refractivity contribution in [3.8, 4) is 0 Å². The fraction of sp³-hybridized carbons (Fsp3) is 0.803. The lowest BCUT2D eigenvalue weighted by molar-refractivity contribution is -0.163. The summed E-state index contributed by atoms with van der Waals surface area (Å²) in [5, 5.41) is 0. The van der Waals surface area contributed by atoms with E-state index in [4.69, 9.17) is 14.2 Å². The molecule has 0 saturated heterocycles. The van der Waals surface area contributed by atoms with E-state index in [0.717, 1.165) is 64.2 Å². The Bertz CT molecular complexity index is 1130. The van der Waals surface area contributed by atoms with Gasteiger partial charge in [0, 0.05) is 19.4 Å². The minimum absolute atomic E-state index is 0.0820. The second-order valence-electron chi connectivity index (χ2n) is 19.2. The molecule has 0 spiro atoms. The Morgan fingerprint density at radius 3 is 1.11 bits per heavy atom. The van der Waals surface area contributed by atoms with E-state index in [0.29, 0.717) is 19.4 Å². The lowest BCUT2D eigenvalue weighted by Gasteiger charge is -2.18. The minimum Gasteiger partial charge on any atom is -0.462 e. The highest BCUT2D eigenvalue weighted by Crippen LogP contribution is 2.16. The van der Waals surface area contributed by atoms with Crippen LogP contribution in [-0.4, -0.2) is 37.9 Å². The quantitative estimate of drug-likeness (QED) is 0.0346. The van der Waals surface area contributed by atoms with E-state index in [9.17, 15) is 9.59 Å². The molecule has 0 aromatic rings. The average Bonchev–Trinajstić information content (AvgIpc) is 3.32. The summed E-state index contributed by atoms with van der Waals surface area (Å²) in [6.45, 7) is 7.72. The summed E-state index contributed by atoms with van der Waals surface area (Å²) in [6, 6.07) is 0. The van der Waals surface area contributed by atoms with Crippen molar-refractivity contribution in [1.29, 1.82) is 0 Å². The van der Waals surface area contributed by atoms with Crippen LogP contribution in [0.4, 0.5) is 0 Å². The van der Waals surface area contributed by atoms with Crippen LogP contribution in [0.5, 0.6) is 0 Å². The van der Waals surface area contributed by atoms with Crippen LogP contribution in [-0.2, 0) is 23.8 Å². The van der Waals surface area contributed by atoms with Gasteiger partial charge in [0.1, 0.15) is 6.61 Å². The van der Waals surface area contributed by atoms with Gasteiger partial charge in [0.2, 0.25) is 0 Å². The first-order chi connectivity index (χ1) is 32.6. The van der Waals surface area contributed by atoms with Gasteiger partial charge in [0.05, 0.1) is 6.61 Å². The lowest BCUT2D eigenvalue weighted by Crippen LogP contribution is -2.30. The molecule has 0 saturated carbocycles. The normalized spacial score (nSPS) is 12.6. The molecule has 0 heterocycles. The third-order valence-corrected chi connectivity index (χ3v) is 12.5. The second-order valence-corrected chi connectivity index (χ2v) is 19.2. The van der Waals surface area contributed by atoms with Gasteiger partial charge in [-0.25, -0.2) is 0 Å². The zero-order valence-electron chi connectivity index (χ0n) is 44.2. The fourth-order valence-electron chi connectivity index (χ4n) is 8.26. The van der Waals surface area contributed by atoms with E-state index in [-0.39, 0.29) is 25.2 Å². The zero-order chi connectivity index (χ0) is 47.7. The summed E-state index contributed by atoms with van der Waals surface area (Å²) in [4.78, 5) is 25.5. The molecule has 0 aromatic carbocycles. The van der Waals surface area contributed by atoms with E-state index in [1.54, 1.807) is 0 Å². The number of allylic oxidation sites excluding steroid dienone is 10. The molecule has 5 heteroatoms. The van der Waals surface area contributed by atoms with Gasteiger partial charge in [0.25, 0.3) is 0 Å². The molecule has 0 bridgehead atoms. The Morgan fingerprint density at radius 2 is 0.682 bits per heavy atom. The fourth-order valence-corrected chi connectivity index (χ4v) is 8.26. The number of hydrogen-bond acceptors (Lipinski definition) is 5. The van der Waals surface area contributed by atoms with E-state index >= 15 is 0 Å². The van der Waals surface area contributed by atoms with Crippen LogP contribution in [0.1, 0.15) is 290 Å². The second kappa shape index (κ2) is 56.9. The monoisotopic (exact) mass is 923 g/mol. The molecule has 1 atom stereocenters. The van der Waals surface area contributed by atoms with Crippen molar-refractivity contribution in [3.05, 3.63) is 60.8 Å². The molecule has 1 unspecified atom stereocenters. The van der Waals surface area contributed by atoms with Gasteiger partial charge in [-0.3, -0.25) is 9.59 Å². The molecular formula is C61H110O5. The summed E-state index contributed by atoms with van der Waals surface area (Å²) >= 11 is 0. The summed E-state index contributed by atoms with van der Waals surface area (Å²) in [5.41, 5.74) is 0. The molecule has 0 fully saturated rings. The van der Waals surface area contributed by atoms with Crippen molar-refractivity contribution in [2.24, 2.45) is 0 Å². The Labute approximate surface area is 411 Å². The Kier molecular flexibility index (Phi) is 54.9. The predicted octanol–water partition coefficient (Wildman–Crippen LogP) is 19.7. The van der Waals surface area contributed by atoms with Crippen LogP contribution in [0.3, 0.4) is 0 Å². The molecule has 0 rings (SSSR count). The topological polar surface area (TPSA) is 61.8 Å². The lowest BCUT2D eigenvalue weighted by atomic mass is 10.1. The maximum Gasteiger partial charge on any atom is 0.306 e. The third kappa shape index (κ3) is 54.2. The zero-order valence-corrected chi connectivity index (χ0v) is 44.2. The van der Waals surface area contributed by atoms with E-state index in [2.05, 4.69) is 81.5 Å². The van der Waals surface area contributed by atoms with Gasteiger partial charge in [-0.1, -0.05) is 255 Å². The largest absolute Gasteiger partial charge is 0.462 e. The number of esters is 2. The summed E-state index contributed by atoms with van der Waals surface area (Å²) in [5.74, 6) is -0.394. The third-order valence-electron chi connectivity index (χ3n) is 12.5. The molecule has 0 aliphatic carbocycles. The number of ether oxygens (including phenoxy) is 3. The molecule has 0 aromatic heterocycles. The summed E-state index contributed by atoms with van der Waals surface area (Å²) in [6.07, 6.45) is 72.4. The molecule has 66 heavy (non-hydrogen) atoms. The van der Waals surface area contributed by atoms with Crippen molar-refractivity contribution in [1.82, 2.24) is 0 Å². The molecule has 0 N–H and O–H groups in total. The van der Waals surface area contributed by atoms with Crippen molar-refractivity contribution in [2.75, 3.05) is 19.8 Å². The van der Waals surface area contributed by atoms with Crippen LogP contribution in [0.2, 0.25) is 0 Å². The number of carbonyl (C=O) groups excluding carboxylic acids is 2. The molecule has 384 valence electrons. The highest BCUT2D eigenvalue weighted by Gasteiger charge is 2.17. The maximum atomic E-state index is 12.8. The van der Waals surface area contributed by atoms with Crippen LogP contribution < -0.4 is 0 Å². The Hall–Kier alpha value is -2.40. The maximum absolute atomic E-state index is 12.8. The van der Waals surface area contributed by atoms with Gasteiger partial charge >= 0.3 is 11.9 Å². The smallest absolute Gasteiger partial charge is 0.306 e. The summed E-state index contributed by atoms with van der Waals surface area (Å²) < 4.78 is 17.5. The first-order valence-corrected chi connectivity index (χ1v) is 28.8. The first kappa shape index (κ1) is 63.6. The molecule has 5 nitrogen and oxygen atoms in total. The van der Waals surface area contributed by atoms with Crippen LogP contribution >= 0.6 is 0 Å².